The van der Waals surface area contributed by atoms with Crippen molar-refractivity contribution in [3.05, 3.63) is 102 Å². The second-order valence-corrected chi connectivity index (χ2v) is 8.08. The molecule has 1 aliphatic rings. The predicted octanol–water partition coefficient (Wildman–Crippen LogP) is 3.40. The Balaban J connectivity index is 1.47. The van der Waals surface area contributed by atoms with Gasteiger partial charge in [0.1, 0.15) is 25.0 Å². The van der Waals surface area contributed by atoms with Gasteiger partial charge in [-0.25, -0.2) is 4.79 Å². The third-order valence-corrected chi connectivity index (χ3v) is 5.54. The largest absolute Gasteiger partial charge is 0.489 e. The Morgan fingerprint density at radius 3 is 2.06 bits per heavy atom. The molecule has 0 saturated carbocycles. The SMILES string of the molecule is CC(=O)NC1CN(C(C(=O)OCc2ccccc2)c2ccc(OCc3ccccc3)cc2)C1=O. The van der Waals surface area contributed by atoms with Gasteiger partial charge in [-0.3, -0.25) is 9.59 Å². The minimum absolute atomic E-state index is 0.103. The van der Waals surface area contributed by atoms with Gasteiger partial charge in [-0.15, -0.1) is 0 Å². The summed E-state index contributed by atoms with van der Waals surface area (Å²) in [6.45, 7) is 2.11. The second kappa shape index (κ2) is 10.7. The number of benzene rings is 3. The summed E-state index contributed by atoms with van der Waals surface area (Å²) in [6.07, 6.45) is 0. The third kappa shape index (κ3) is 5.61. The first-order valence-electron chi connectivity index (χ1n) is 11.1. The number of β-lactam (4-membered cyclic amide) rings is 1. The van der Waals surface area contributed by atoms with Crippen molar-refractivity contribution in [3.63, 3.8) is 0 Å². The maximum Gasteiger partial charge on any atom is 0.333 e. The molecule has 7 heteroatoms. The molecule has 1 aliphatic heterocycles. The summed E-state index contributed by atoms with van der Waals surface area (Å²) < 4.78 is 11.4. The van der Waals surface area contributed by atoms with Gasteiger partial charge in [-0.1, -0.05) is 72.8 Å². The van der Waals surface area contributed by atoms with Crippen LogP contribution in [0, 0.1) is 0 Å². The Hall–Kier alpha value is -4.13. The summed E-state index contributed by atoms with van der Waals surface area (Å²) >= 11 is 0. The molecule has 1 heterocycles. The number of nitrogens with one attached hydrogen (secondary N) is 1. The normalized spacial score (nSPS) is 15.7. The van der Waals surface area contributed by atoms with Gasteiger partial charge >= 0.3 is 5.97 Å². The van der Waals surface area contributed by atoms with E-state index in [-0.39, 0.29) is 25.0 Å². The van der Waals surface area contributed by atoms with Crippen molar-refractivity contribution in [1.82, 2.24) is 10.2 Å². The molecule has 1 saturated heterocycles. The zero-order chi connectivity index (χ0) is 23.9. The molecule has 3 aromatic carbocycles. The molecule has 2 atom stereocenters. The second-order valence-electron chi connectivity index (χ2n) is 8.08. The number of hydrogen-bond acceptors (Lipinski definition) is 5. The maximum atomic E-state index is 13.1. The van der Waals surface area contributed by atoms with E-state index in [1.165, 1.54) is 11.8 Å². The molecule has 1 N–H and O–H groups in total. The molecular weight excluding hydrogens is 432 g/mol. The lowest BCUT2D eigenvalue weighted by Gasteiger charge is -2.42. The van der Waals surface area contributed by atoms with Gasteiger partial charge < -0.3 is 19.7 Å². The number of esters is 1. The number of carbonyl (C=O) groups excluding carboxylic acids is 3. The summed E-state index contributed by atoms with van der Waals surface area (Å²) in [4.78, 5) is 38.6. The lowest BCUT2D eigenvalue weighted by Crippen LogP contribution is -2.65. The standard InChI is InChI=1S/C27H26N2O5/c1-19(30)28-24-16-29(26(24)31)25(27(32)34-18-21-10-6-3-7-11-21)22-12-14-23(15-13-22)33-17-20-8-4-2-5-9-20/h2-15,24-25H,16-18H2,1H3,(H,28,30). The van der Waals surface area contributed by atoms with E-state index in [2.05, 4.69) is 5.32 Å². The monoisotopic (exact) mass is 458 g/mol. The van der Waals surface area contributed by atoms with Crippen LogP contribution in [-0.4, -0.2) is 35.3 Å². The van der Waals surface area contributed by atoms with E-state index in [0.29, 0.717) is 17.9 Å². The van der Waals surface area contributed by atoms with Gasteiger partial charge in [0, 0.05) is 6.92 Å². The molecule has 0 radical (unpaired) electrons. The summed E-state index contributed by atoms with van der Waals surface area (Å²) in [7, 11) is 0. The van der Waals surface area contributed by atoms with Crippen molar-refractivity contribution < 1.29 is 23.9 Å². The van der Waals surface area contributed by atoms with Crippen LogP contribution < -0.4 is 10.1 Å². The fourth-order valence-corrected chi connectivity index (χ4v) is 3.78. The van der Waals surface area contributed by atoms with Gasteiger partial charge in [0.05, 0.1) is 6.54 Å². The predicted molar refractivity (Wildman–Crippen MR) is 126 cm³/mol. The summed E-state index contributed by atoms with van der Waals surface area (Å²) in [5, 5.41) is 2.60. The van der Waals surface area contributed by atoms with Crippen LogP contribution in [0.3, 0.4) is 0 Å². The highest BCUT2D eigenvalue weighted by molar-refractivity contribution is 5.95. The third-order valence-electron chi connectivity index (χ3n) is 5.54. The summed E-state index contributed by atoms with van der Waals surface area (Å²) in [5.74, 6) is -0.492. The molecule has 3 aromatic rings. The number of hydrogen-bond donors (Lipinski definition) is 1. The number of rotatable bonds is 9. The van der Waals surface area contributed by atoms with Gasteiger partial charge in [-0.05, 0) is 28.8 Å². The van der Waals surface area contributed by atoms with E-state index in [1.807, 2.05) is 60.7 Å². The fourth-order valence-electron chi connectivity index (χ4n) is 3.78. The topological polar surface area (TPSA) is 84.9 Å². The maximum absolute atomic E-state index is 13.1. The van der Waals surface area contributed by atoms with Crippen LogP contribution in [0.1, 0.15) is 29.7 Å². The number of amides is 2. The highest BCUT2D eigenvalue weighted by Crippen LogP contribution is 2.30. The molecule has 34 heavy (non-hydrogen) atoms. The minimum atomic E-state index is -0.913. The number of ether oxygens (including phenoxy) is 2. The van der Waals surface area contributed by atoms with E-state index in [4.69, 9.17) is 9.47 Å². The van der Waals surface area contributed by atoms with Crippen LogP contribution in [-0.2, 0) is 32.3 Å². The van der Waals surface area contributed by atoms with Crippen LogP contribution in [0.4, 0.5) is 0 Å². The molecular formula is C27H26N2O5. The van der Waals surface area contributed by atoms with Crippen molar-refractivity contribution >= 4 is 17.8 Å². The molecule has 1 fully saturated rings. The lowest BCUT2D eigenvalue weighted by molar-refractivity contribution is -0.164. The molecule has 0 bridgehead atoms. The van der Waals surface area contributed by atoms with Gasteiger partial charge in [-0.2, -0.15) is 0 Å². The molecule has 2 unspecified atom stereocenters. The van der Waals surface area contributed by atoms with Crippen molar-refractivity contribution in [2.45, 2.75) is 32.2 Å². The summed E-state index contributed by atoms with van der Waals surface area (Å²) in [6, 6.07) is 24.7. The average Bonchev–Trinajstić information content (AvgIpc) is 2.87. The Labute approximate surface area is 198 Å². The molecule has 4 rings (SSSR count). The smallest absolute Gasteiger partial charge is 0.333 e. The van der Waals surface area contributed by atoms with Crippen LogP contribution in [0.25, 0.3) is 0 Å². The van der Waals surface area contributed by atoms with E-state index in [0.717, 1.165) is 11.1 Å². The Morgan fingerprint density at radius 1 is 0.912 bits per heavy atom. The highest BCUT2D eigenvalue weighted by Gasteiger charge is 2.45. The first kappa shape index (κ1) is 23.0. The molecule has 0 aliphatic carbocycles. The molecule has 0 spiro atoms. The zero-order valence-corrected chi connectivity index (χ0v) is 18.8. The van der Waals surface area contributed by atoms with E-state index in [1.54, 1.807) is 24.3 Å². The van der Waals surface area contributed by atoms with Gasteiger partial charge in [0.15, 0.2) is 6.04 Å². The zero-order valence-electron chi connectivity index (χ0n) is 18.8. The van der Waals surface area contributed by atoms with Crippen LogP contribution >= 0.6 is 0 Å². The van der Waals surface area contributed by atoms with Crippen molar-refractivity contribution in [2.75, 3.05) is 6.54 Å². The molecule has 0 aromatic heterocycles. The van der Waals surface area contributed by atoms with E-state index >= 15 is 0 Å². The Morgan fingerprint density at radius 2 is 1.50 bits per heavy atom. The molecule has 174 valence electrons. The van der Waals surface area contributed by atoms with Gasteiger partial charge in [0.25, 0.3) is 0 Å². The number of likely N-dealkylation sites (tertiary alicyclic amines) is 1. The van der Waals surface area contributed by atoms with Crippen LogP contribution in [0.5, 0.6) is 5.75 Å². The van der Waals surface area contributed by atoms with Crippen molar-refractivity contribution in [2.24, 2.45) is 0 Å². The van der Waals surface area contributed by atoms with Crippen molar-refractivity contribution in [3.8, 4) is 5.75 Å². The first-order valence-corrected chi connectivity index (χ1v) is 11.1. The molecule has 2 amide bonds. The quantitative estimate of drug-likeness (QED) is 0.393. The van der Waals surface area contributed by atoms with Crippen LogP contribution in [0.15, 0.2) is 84.9 Å². The average molecular weight is 459 g/mol. The summed E-state index contributed by atoms with van der Waals surface area (Å²) in [5.41, 5.74) is 2.51. The van der Waals surface area contributed by atoms with Crippen LogP contribution in [0.2, 0.25) is 0 Å². The van der Waals surface area contributed by atoms with Gasteiger partial charge in [0.2, 0.25) is 11.8 Å². The molecule has 7 nitrogen and oxygen atoms in total. The van der Waals surface area contributed by atoms with Crippen molar-refractivity contribution in [1.29, 1.82) is 0 Å². The highest BCUT2D eigenvalue weighted by atomic mass is 16.5. The van der Waals surface area contributed by atoms with E-state index in [9.17, 15) is 14.4 Å². The minimum Gasteiger partial charge on any atom is -0.489 e. The number of carbonyl (C=O) groups is 3. The fraction of sp³-hybridized carbons (Fsp3) is 0.222. The number of nitrogens with zero attached hydrogens (tertiary/aromatic N) is 1. The first-order chi connectivity index (χ1) is 16.5. The Bertz CT molecular complexity index is 1130. The van der Waals surface area contributed by atoms with E-state index < -0.39 is 18.1 Å². The lowest BCUT2D eigenvalue weighted by atomic mass is 9.98. The Kier molecular flexibility index (Phi) is 7.22.